The van der Waals surface area contributed by atoms with Crippen LogP contribution in [0.5, 0.6) is 0 Å². The third-order valence-corrected chi connectivity index (χ3v) is 7.94. The van der Waals surface area contributed by atoms with E-state index in [0.29, 0.717) is 42.7 Å². The summed E-state index contributed by atoms with van der Waals surface area (Å²) in [7, 11) is -3.78. The van der Waals surface area contributed by atoms with Gasteiger partial charge in [-0.15, -0.1) is 0 Å². The molecule has 1 aliphatic heterocycles. The summed E-state index contributed by atoms with van der Waals surface area (Å²) < 4.78 is 34.4. The van der Waals surface area contributed by atoms with Gasteiger partial charge in [0.2, 0.25) is 10.0 Å². The lowest BCUT2D eigenvalue weighted by Crippen LogP contribution is -2.46. The van der Waals surface area contributed by atoms with Crippen molar-refractivity contribution in [3.05, 3.63) is 59.2 Å². The molecule has 0 saturated carbocycles. The zero-order chi connectivity index (χ0) is 26.7. The average Bonchev–Trinajstić information content (AvgIpc) is 2.79. The van der Waals surface area contributed by atoms with Crippen LogP contribution in [0.4, 0.5) is 10.5 Å². The second kappa shape index (κ2) is 11.0. The van der Waals surface area contributed by atoms with Crippen LogP contribution in [0.15, 0.2) is 47.4 Å². The van der Waals surface area contributed by atoms with Gasteiger partial charge in [-0.25, -0.2) is 17.9 Å². The minimum Gasteiger partial charge on any atom is -0.444 e. The highest BCUT2D eigenvalue weighted by Crippen LogP contribution is 2.25. The summed E-state index contributed by atoms with van der Waals surface area (Å²) in [4.78, 5) is 26.9. The highest BCUT2D eigenvalue weighted by atomic mass is 32.2. The number of sulfonamides is 1. The predicted octanol–water partition coefficient (Wildman–Crippen LogP) is 4.87. The summed E-state index contributed by atoms with van der Waals surface area (Å²) in [6.07, 6.45) is 1.02. The Bertz CT molecular complexity index is 1210. The Morgan fingerprint density at radius 1 is 1.03 bits per heavy atom. The van der Waals surface area contributed by atoms with E-state index in [1.807, 2.05) is 58.9 Å². The Balaban J connectivity index is 1.62. The Kier molecular flexibility index (Phi) is 8.46. The Hall–Kier alpha value is -2.91. The molecule has 3 rings (SSSR count). The number of carbonyl (C=O) groups is 2. The van der Waals surface area contributed by atoms with Gasteiger partial charge in [0, 0.05) is 30.4 Å². The third-order valence-electron chi connectivity index (χ3n) is 6.39. The van der Waals surface area contributed by atoms with Gasteiger partial charge in [-0.2, -0.15) is 0 Å². The molecule has 2 aromatic carbocycles. The summed E-state index contributed by atoms with van der Waals surface area (Å²) in [6, 6.07) is 11.7. The molecular weight excluding hydrogens is 478 g/mol. The first-order valence-corrected chi connectivity index (χ1v) is 13.7. The summed E-state index contributed by atoms with van der Waals surface area (Å²) in [6.45, 7) is 12.0. The van der Waals surface area contributed by atoms with E-state index in [0.717, 1.165) is 5.56 Å². The third kappa shape index (κ3) is 7.07. The SMILES string of the molecule is Cc1ccccc1NC(=O)c1ccc(S(=O)(=O)NC(C)C2CCN(C(=O)OC(C)(C)C)CC2)cc1C. The molecule has 0 bridgehead atoms. The summed E-state index contributed by atoms with van der Waals surface area (Å²) in [5.74, 6) is -0.192. The van der Waals surface area contributed by atoms with Gasteiger partial charge in [-0.05, 0) is 95.7 Å². The topological polar surface area (TPSA) is 105 Å². The van der Waals surface area contributed by atoms with Crippen molar-refractivity contribution in [1.29, 1.82) is 0 Å². The normalized spacial score (nSPS) is 15.9. The molecular formula is C27H37N3O5S. The highest BCUT2D eigenvalue weighted by molar-refractivity contribution is 7.89. The second-order valence-corrected chi connectivity index (χ2v) is 12.2. The molecule has 36 heavy (non-hydrogen) atoms. The van der Waals surface area contributed by atoms with Crippen LogP contribution in [0.3, 0.4) is 0 Å². The van der Waals surface area contributed by atoms with Gasteiger partial charge in [-0.3, -0.25) is 4.79 Å². The number of hydrogen-bond acceptors (Lipinski definition) is 5. The Morgan fingerprint density at radius 3 is 2.25 bits per heavy atom. The first-order valence-electron chi connectivity index (χ1n) is 12.2. The molecule has 1 heterocycles. The van der Waals surface area contributed by atoms with E-state index in [-0.39, 0.29) is 28.9 Å². The molecule has 2 aromatic rings. The minimum atomic E-state index is -3.78. The van der Waals surface area contributed by atoms with E-state index in [1.54, 1.807) is 17.9 Å². The molecule has 9 heteroatoms. The van der Waals surface area contributed by atoms with E-state index >= 15 is 0 Å². The monoisotopic (exact) mass is 515 g/mol. The molecule has 0 spiro atoms. The fourth-order valence-electron chi connectivity index (χ4n) is 4.28. The number of ether oxygens (including phenoxy) is 1. The average molecular weight is 516 g/mol. The number of piperidine rings is 1. The number of benzene rings is 2. The molecule has 1 saturated heterocycles. The maximum atomic E-state index is 13.1. The van der Waals surface area contributed by atoms with Crippen LogP contribution in [-0.2, 0) is 14.8 Å². The zero-order valence-electron chi connectivity index (χ0n) is 21.9. The number of para-hydroxylation sites is 1. The molecule has 2 N–H and O–H groups in total. The van der Waals surface area contributed by atoms with E-state index in [1.165, 1.54) is 12.1 Å². The number of nitrogens with one attached hydrogen (secondary N) is 2. The largest absolute Gasteiger partial charge is 0.444 e. The van der Waals surface area contributed by atoms with Crippen molar-refractivity contribution < 1.29 is 22.7 Å². The van der Waals surface area contributed by atoms with Gasteiger partial charge in [0.25, 0.3) is 5.91 Å². The molecule has 1 unspecified atom stereocenters. The van der Waals surface area contributed by atoms with Crippen LogP contribution in [0.2, 0.25) is 0 Å². The fourth-order valence-corrected chi connectivity index (χ4v) is 5.68. The van der Waals surface area contributed by atoms with Gasteiger partial charge in [0.05, 0.1) is 4.90 Å². The molecule has 0 radical (unpaired) electrons. The Morgan fingerprint density at radius 2 is 1.67 bits per heavy atom. The van der Waals surface area contributed by atoms with Gasteiger partial charge in [0.1, 0.15) is 5.60 Å². The number of nitrogens with zero attached hydrogens (tertiary/aromatic N) is 1. The van der Waals surface area contributed by atoms with Crippen molar-refractivity contribution in [2.24, 2.45) is 5.92 Å². The van der Waals surface area contributed by atoms with Crippen molar-refractivity contribution in [2.45, 2.75) is 70.9 Å². The van der Waals surface area contributed by atoms with Crippen LogP contribution in [0.1, 0.15) is 62.0 Å². The van der Waals surface area contributed by atoms with Gasteiger partial charge in [-0.1, -0.05) is 18.2 Å². The van der Waals surface area contributed by atoms with E-state index in [9.17, 15) is 18.0 Å². The van der Waals surface area contributed by atoms with E-state index in [2.05, 4.69) is 10.0 Å². The zero-order valence-corrected chi connectivity index (χ0v) is 22.7. The van der Waals surface area contributed by atoms with Gasteiger partial charge >= 0.3 is 6.09 Å². The van der Waals surface area contributed by atoms with Crippen molar-refractivity contribution in [1.82, 2.24) is 9.62 Å². The van der Waals surface area contributed by atoms with Crippen molar-refractivity contribution in [3.8, 4) is 0 Å². The summed E-state index contributed by atoms with van der Waals surface area (Å²) >= 11 is 0. The van der Waals surface area contributed by atoms with Crippen LogP contribution < -0.4 is 10.0 Å². The van der Waals surface area contributed by atoms with Gasteiger partial charge in [0.15, 0.2) is 0 Å². The quantitative estimate of drug-likeness (QED) is 0.571. The lowest BCUT2D eigenvalue weighted by Gasteiger charge is -2.35. The molecule has 1 atom stereocenters. The standard InChI is InChI=1S/C27H37N3O5S/c1-18-9-7-8-10-24(18)28-25(31)23-12-11-22(17-19(23)2)36(33,34)29-20(3)21-13-15-30(16-14-21)26(32)35-27(4,5)6/h7-12,17,20-21,29H,13-16H2,1-6H3,(H,28,31). The van der Waals surface area contributed by atoms with E-state index in [4.69, 9.17) is 4.74 Å². The smallest absolute Gasteiger partial charge is 0.410 e. The van der Waals surface area contributed by atoms with Crippen molar-refractivity contribution in [2.75, 3.05) is 18.4 Å². The number of carbonyl (C=O) groups excluding carboxylic acids is 2. The van der Waals surface area contributed by atoms with Crippen LogP contribution in [0, 0.1) is 19.8 Å². The molecule has 196 valence electrons. The van der Waals surface area contributed by atoms with Crippen LogP contribution in [-0.4, -0.2) is 50.1 Å². The maximum Gasteiger partial charge on any atom is 0.410 e. The molecule has 1 fully saturated rings. The predicted molar refractivity (Wildman–Crippen MR) is 141 cm³/mol. The number of aryl methyl sites for hydroxylation is 2. The first-order chi connectivity index (χ1) is 16.8. The number of hydrogen-bond donors (Lipinski definition) is 2. The van der Waals surface area contributed by atoms with Crippen molar-refractivity contribution >= 4 is 27.7 Å². The van der Waals surface area contributed by atoms with Crippen molar-refractivity contribution in [3.63, 3.8) is 0 Å². The summed E-state index contributed by atoms with van der Waals surface area (Å²) in [5.41, 5.74) is 2.10. The fraction of sp³-hybridized carbons (Fsp3) is 0.481. The van der Waals surface area contributed by atoms with E-state index < -0.39 is 15.6 Å². The van der Waals surface area contributed by atoms with Crippen LogP contribution >= 0.6 is 0 Å². The number of rotatable bonds is 6. The number of likely N-dealkylation sites (tertiary alicyclic amines) is 1. The number of anilines is 1. The molecule has 8 nitrogen and oxygen atoms in total. The highest BCUT2D eigenvalue weighted by Gasteiger charge is 2.31. The maximum absolute atomic E-state index is 13.1. The molecule has 0 aromatic heterocycles. The van der Waals surface area contributed by atoms with Gasteiger partial charge < -0.3 is 15.0 Å². The minimum absolute atomic E-state index is 0.0960. The second-order valence-electron chi connectivity index (χ2n) is 10.5. The molecule has 2 amide bonds. The van der Waals surface area contributed by atoms with Crippen LogP contribution in [0.25, 0.3) is 0 Å². The summed E-state index contributed by atoms with van der Waals surface area (Å²) in [5, 5.41) is 2.88. The molecule has 1 aliphatic rings. The number of amides is 2. The lowest BCUT2D eigenvalue weighted by molar-refractivity contribution is 0.0174. The first kappa shape index (κ1) is 27.7. The Labute approximate surface area is 214 Å². The lowest BCUT2D eigenvalue weighted by atomic mass is 9.91. The molecule has 0 aliphatic carbocycles.